The van der Waals surface area contributed by atoms with Crippen molar-refractivity contribution in [2.45, 2.75) is 0 Å². The average Bonchev–Trinajstić information content (AvgIpc) is 2.37. The Labute approximate surface area is 128 Å². The molecule has 0 unspecified atom stereocenters. The van der Waals surface area contributed by atoms with Gasteiger partial charge in [-0.25, -0.2) is 4.39 Å². The molecule has 20 heavy (non-hydrogen) atoms. The number of anilines is 1. The minimum atomic E-state index is -0.510. The smallest absolute Gasteiger partial charge is 0.255 e. The highest BCUT2D eigenvalue weighted by Crippen LogP contribution is 2.26. The van der Waals surface area contributed by atoms with Crippen LogP contribution in [0, 0.1) is 5.82 Å². The standard InChI is InChI=1S/C14H10BrClFNO2/c1-20-13-3-2-8(4-12(13)15)14(19)18-11-6-9(16)5-10(17)7-11/h2-7H,1H3,(H,18,19). The third-order valence-corrected chi connectivity index (χ3v) is 3.37. The SMILES string of the molecule is COc1ccc(C(=O)Nc2cc(F)cc(Cl)c2)cc1Br. The van der Waals surface area contributed by atoms with E-state index in [2.05, 4.69) is 21.2 Å². The highest BCUT2D eigenvalue weighted by molar-refractivity contribution is 9.10. The zero-order valence-electron chi connectivity index (χ0n) is 10.4. The highest BCUT2D eigenvalue weighted by Gasteiger charge is 2.10. The Morgan fingerprint density at radius 1 is 1.30 bits per heavy atom. The van der Waals surface area contributed by atoms with Crippen molar-refractivity contribution in [3.05, 3.63) is 57.3 Å². The predicted octanol–water partition coefficient (Wildman–Crippen LogP) is 4.50. The van der Waals surface area contributed by atoms with Gasteiger partial charge < -0.3 is 10.1 Å². The van der Waals surface area contributed by atoms with E-state index in [4.69, 9.17) is 16.3 Å². The van der Waals surface area contributed by atoms with Crippen LogP contribution in [0.1, 0.15) is 10.4 Å². The average molecular weight is 359 g/mol. The van der Waals surface area contributed by atoms with Gasteiger partial charge in [0.25, 0.3) is 5.91 Å². The summed E-state index contributed by atoms with van der Waals surface area (Å²) in [6, 6.07) is 8.73. The number of hydrogen-bond acceptors (Lipinski definition) is 2. The van der Waals surface area contributed by atoms with Gasteiger partial charge in [0, 0.05) is 16.3 Å². The van der Waals surface area contributed by atoms with E-state index >= 15 is 0 Å². The van der Waals surface area contributed by atoms with Crippen molar-refractivity contribution in [2.24, 2.45) is 0 Å². The number of halogens is 3. The van der Waals surface area contributed by atoms with Crippen molar-refractivity contribution in [1.29, 1.82) is 0 Å². The van der Waals surface area contributed by atoms with Crippen LogP contribution in [0.3, 0.4) is 0 Å². The molecular weight excluding hydrogens is 349 g/mol. The van der Waals surface area contributed by atoms with Crippen LogP contribution >= 0.6 is 27.5 Å². The number of benzene rings is 2. The first-order valence-corrected chi connectivity index (χ1v) is 6.77. The molecule has 0 aliphatic carbocycles. The second-order valence-electron chi connectivity index (χ2n) is 3.96. The van der Waals surface area contributed by atoms with Crippen molar-refractivity contribution in [3.63, 3.8) is 0 Å². The topological polar surface area (TPSA) is 38.3 Å². The van der Waals surface area contributed by atoms with E-state index in [1.165, 1.54) is 25.3 Å². The molecule has 0 heterocycles. The molecule has 0 aliphatic heterocycles. The molecule has 2 aromatic rings. The first kappa shape index (κ1) is 14.8. The molecule has 2 rings (SSSR count). The van der Waals surface area contributed by atoms with Gasteiger partial charge in [0.1, 0.15) is 11.6 Å². The van der Waals surface area contributed by atoms with Crippen LogP contribution in [-0.2, 0) is 0 Å². The first-order valence-electron chi connectivity index (χ1n) is 5.60. The van der Waals surface area contributed by atoms with Gasteiger partial charge in [-0.1, -0.05) is 11.6 Å². The zero-order chi connectivity index (χ0) is 14.7. The van der Waals surface area contributed by atoms with Crippen LogP contribution in [0.4, 0.5) is 10.1 Å². The Balaban J connectivity index is 2.21. The van der Waals surface area contributed by atoms with Gasteiger partial charge in [-0.05, 0) is 52.3 Å². The Morgan fingerprint density at radius 3 is 2.65 bits per heavy atom. The van der Waals surface area contributed by atoms with E-state index in [-0.39, 0.29) is 10.9 Å². The molecule has 0 radical (unpaired) electrons. The van der Waals surface area contributed by atoms with Crippen LogP contribution in [0.2, 0.25) is 5.02 Å². The van der Waals surface area contributed by atoms with Crippen molar-refractivity contribution in [2.75, 3.05) is 12.4 Å². The number of hydrogen-bond donors (Lipinski definition) is 1. The maximum atomic E-state index is 13.2. The minimum Gasteiger partial charge on any atom is -0.496 e. The van der Waals surface area contributed by atoms with Crippen LogP contribution in [0.5, 0.6) is 5.75 Å². The molecule has 0 spiro atoms. The summed E-state index contributed by atoms with van der Waals surface area (Å²) < 4.78 is 18.9. The van der Waals surface area contributed by atoms with Crippen molar-refractivity contribution in [3.8, 4) is 5.75 Å². The number of carbonyl (C=O) groups is 1. The summed E-state index contributed by atoms with van der Waals surface area (Å²) in [5.41, 5.74) is 0.713. The monoisotopic (exact) mass is 357 g/mol. The van der Waals surface area contributed by atoms with Gasteiger partial charge in [-0.2, -0.15) is 0 Å². The highest BCUT2D eigenvalue weighted by atomic mass is 79.9. The number of methoxy groups -OCH3 is 1. The van der Waals surface area contributed by atoms with Gasteiger partial charge in [0.15, 0.2) is 0 Å². The summed E-state index contributed by atoms with van der Waals surface area (Å²) in [5.74, 6) is -0.255. The quantitative estimate of drug-likeness (QED) is 0.877. The lowest BCUT2D eigenvalue weighted by Gasteiger charge is -2.08. The van der Waals surface area contributed by atoms with Crippen LogP contribution in [-0.4, -0.2) is 13.0 Å². The van der Waals surface area contributed by atoms with Crippen LogP contribution < -0.4 is 10.1 Å². The maximum Gasteiger partial charge on any atom is 0.255 e. The molecule has 6 heteroatoms. The molecule has 0 aliphatic rings. The second kappa shape index (κ2) is 6.24. The summed E-state index contributed by atoms with van der Waals surface area (Å²) in [5, 5.41) is 2.80. The van der Waals surface area contributed by atoms with Gasteiger partial charge in [-0.3, -0.25) is 4.79 Å². The lowest BCUT2D eigenvalue weighted by Crippen LogP contribution is -2.12. The molecule has 1 N–H and O–H groups in total. The molecule has 0 aromatic heterocycles. The number of nitrogens with one attached hydrogen (secondary N) is 1. The Morgan fingerprint density at radius 2 is 2.05 bits per heavy atom. The van der Waals surface area contributed by atoms with Gasteiger partial charge >= 0.3 is 0 Å². The van der Waals surface area contributed by atoms with E-state index in [9.17, 15) is 9.18 Å². The van der Waals surface area contributed by atoms with E-state index in [0.29, 0.717) is 21.5 Å². The van der Waals surface area contributed by atoms with E-state index in [0.717, 1.165) is 0 Å². The van der Waals surface area contributed by atoms with Crippen molar-refractivity contribution < 1.29 is 13.9 Å². The molecule has 0 saturated carbocycles. The Kier molecular flexibility index (Phi) is 4.62. The minimum absolute atomic E-state index is 0.219. The van der Waals surface area contributed by atoms with Gasteiger partial charge in [-0.15, -0.1) is 0 Å². The number of amides is 1. The van der Waals surface area contributed by atoms with Gasteiger partial charge in [0.05, 0.1) is 11.6 Å². The fourth-order valence-corrected chi connectivity index (χ4v) is 2.40. The molecule has 0 bridgehead atoms. The van der Waals surface area contributed by atoms with Gasteiger partial charge in [0.2, 0.25) is 0 Å². The molecule has 0 saturated heterocycles. The van der Waals surface area contributed by atoms with Crippen LogP contribution in [0.15, 0.2) is 40.9 Å². The van der Waals surface area contributed by atoms with E-state index in [1.54, 1.807) is 18.2 Å². The summed E-state index contributed by atoms with van der Waals surface area (Å²) in [7, 11) is 1.54. The molecule has 0 fully saturated rings. The molecular formula is C14H10BrClFNO2. The molecule has 104 valence electrons. The zero-order valence-corrected chi connectivity index (χ0v) is 12.8. The summed E-state index contributed by atoms with van der Waals surface area (Å²) in [6.07, 6.45) is 0. The Hall–Kier alpha value is -1.59. The Bertz CT molecular complexity index is 643. The summed E-state index contributed by atoms with van der Waals surface area (Å²) in [4.78, 5) is 12.1. The molecule has 3 nitrogen and oxygen atoms in total. The number of carbonyl (C=O) groups excluding carboxylic acids is 1. The summed E-state index contributed by atoms with van der Waals surface area (Å²) in [6.45, 7) is 0. The first-order chi connectivity index (χ1) is 9.49. The second-order valence-corrected chi connectivity index (χ2v) is 5.25. The fraction of sp³-hybridized carbons (Fsp3) is 0.0714. The maximum absolute atomic E-state index is 13.2. The number of ether oxygens (including phenoxy) is 1. The number of rotatable bonds is 3. The third kappa shape index (κ3) is 3.49. The lowest BCUT2D eigenvalue weighted by molar-refractivity contribution is 0.102. The van der Waals surface area contributed by atoms with E-state index in [1.807, 2.05) is 0 Å². The van der Waals surface area contributed by atoms with Crippen molar-refractivity contribution in [1.82, 2.24) is 0 Å². The van der Waals surface area contributed by atoms with Crippen molar-refractivity contribution >= 4 is 39.1 Å². The van der Waals surface area contributed by atoms with E-state index < -0.39 is 5.82 Å². The normalized spacial score (nSPS) is 10.2. The largest absolute Gasteiger partial charge is 0.496 e. The third-order valence-electron chi connectivity index (χ3n) is 2.53. The van der Waals surface area contributed by atoms with Crippen LogP contribution in [0.25, 0.3) is 0 Å². The lowest BCUT2D eigenvalue weighted by atomic mass is 10.2. The fourth-order valence-electron chi connectivity index (χ4n) is 1.64. The molecule has 1 amide bonds. The molecule has 2 aromatic carbocycles. The molecule has 0 atom stereocenters. The predicted molar refractivity (Wildman–Crippen MR) is 80.1 cm³/mol. The summed E-state index contributed by atoms with van der Waals surface area (Å²) >= 11 is 9.03.